The normalized spacial score (nSPS) is 15.4. The SMILES string of the molecule is CCCNc1nc(N(C)C)nc(N2CCCNC(=O)C2)n1. The van der Waals surface area contributed by atoms with E-state index in [1.807, 2.05) is 23.9 Å². The number of carbonyl (C=O) groups excluding carboxylic acids is 1. The quantitative estimate of drug-likeness (QED) is 0.795. The van der Waals surface area contributed by atoms with E-state index < -0.39 is 0 Å². The average Bonchev–Trinajstić information content (AvgIpc) is 2.69. The molecule has 1 aliphatic heterocycles. The van der Waals surface area contributed by atoms with Crippen molar-refractivity contribution in [1.82, 2.24) is 20.3 Å². The van der Waals surface area contributed by atoms with E-state index in [9.17, 15) is 4.79 Å². The van der Waals surface area contributed by atoms with Gasteiger partial charge in [-0.3, -0.25) is 4.79 Å². The highest BCUT2D eigenvalue weighted by atomic mass is 16.2. The Morgan fingerprint density at radius 1 is 1.33 bits per heavy atom. The number of nitrogens with zero attached hydrogens (tertiary/aromatic N) is 5. The van der Waals surface area contributed by atoms with E-state index in [2.05, 4.69) is 32.5 Å². The monoisotopic (exact) mass is 293 g/mol. The summed E-state index contributed by atoms with van der Waals surface area (Å²) in [4.78, 5) is 28.7. The molecule has 21 heavy (non-hydrogen) atoms. The molecule has 1 fully saturated rings. The average molecular weight is 293 g/mol. The zero-order valence-corrected chi connectivity index (χ0v) is 12.9. The van der Waals surface area contributed by atoms with Gasteiger partial charge in [-0.2, -0.15) is 15.0 Å². The molecule has 8 nitrogen and oxygen atoms in total. The van der Waals surface area contributed by atoms with E-state index >= 15 is 0 Å². The lowest BCUT2D eigenvalue weighted by Gasteiger charge is -2.21. The third-order valence-corrected chi connectivity index (χ3v) is 3.09. The molecule has 0 atom stereocenters. The summed E-state index contributed by atoms with van der Waals surface area (Å²) >= 11 is 0. The van der Waals surface area contributed by atoms with Crippen LogP contribution in [0.1, 0.15) is 19.8 Å². The lowest BCUT2D eigenvalue weighted by Crippen LogP contribution is -2.34. The van der Waals surface area contributed by atoms with Gasteiger partial charge >= 0.3 is 0 Å². The second-order valence-corrected chi connectivity index (χ2v) is 5.21. The van der Waals surface area contributed by atoms with Gasteiger partial charge in [0.2, 0.25) is 23.8 Å². The van der Waals surface area contributed by atoms with E-state index in [1.54, 1.807) is 0 Å². The molecule has 1 aromatic heterocycles. The maximum absolute atomic E-state index is 11.7. The minimum atomic E-state index is 0.00221. The highest BCUT2D eigenvalue weighted by Gasteiger charge is 2.19. The maximum atomic E-state index is 11.7. The zero-order valence-electron chi connectivity index (χ0n) is 12.9. The Balaban J connectivity index is 2.27. The molecule has 2 N–H and O–H groups in total. The van der Waals surface area contributed by atoms with Crippen molar-refractivity contribution in [3.8, 4) is 0 Å². The van der Waals surface area contributed by atoms with E-state index in [0.717, 1.165) is 25.9 Å². The number of hydrogen-bond acceptors (Lipinski definition) is 7. The Morgan fingerprint density at radius 2 is 2.14 bits per heavy atom. The molecule has 0 saturated carbocycles. The number of amides is 1. The first-order chi connectivity index (χ1) is 10.1. The molecule has 2 heterocycles. The molecule has 0 bridgehead atoms. The number of carbonyl (C=O) groups is 1. The van der Waals surface area contributed by atoms with Crippen LogP contribution in [0.4, 0.5) is 17.8 Å². The Morgan fingerprint density at radius 3 is 2.86 bits per heavy atom. The number of aromatic nitrogens is 3. The second kappa shape index (κ2) is 7.05. The summed E-state index contributed by atoms with van der Waals surface area (Å²) in [7, 11) is 3.77. The summed E-state index contributed by atoms with van der Waals surface area (Å²) in [6, 6.07) is 0. The van der Waals surface area contributed by atoms with Crippen molar-refractivity contribution in [3.63, 3.8) is 0 Å². The number of hydrogen-bond donors (Lipinski definition) is 2. The van der Waals surface area contributed by atoms with Crippen LogP contribution in [-0.4, -0.2) is 61.1 Å². The molecule has 116 valence electrons. The molecule has 1 aromatic rings. The van der Waals surface area contributed by atoms with Crippen LogP contribution in [0.25, 0.3) is 0 Å². The van der Waals surface area contributed by atoms with Crippen molar-refractivity contribution >= 4 is 23.8 Å². The third kappa shape index (κ3) is 4.17. The molecule has 0 spiro atoms. The molecular weight excluding hydrogens is 270 g/mol. The summed E-state index contributed by atoms with van der Waals surface area (Å²) in [5.74, 6) is 1.69. The maximum Gasteiger partial charge on any atom is 0.239 e. The van der Waals surface area contributed by atoms with Crippen molar-refractivity contribution < 1.29 is 4.79 Å². The summed E-state index contributed by atoms with van der Waals surface area (Å²) in [5, 5.41) is 6.03. The third-order valence-electron chi connectivity index (χ3n) is 3.09. The fraction of sp³-hybridized carbons (Fsp3) is 0.692. The van der Waals surface area contributed by atoms with Crippen molar-refractivity contribution in [3.05, 3.63) is 0 Å². The molecule has 2 rings (SSSR count). The van der Waals surface area contributed by atoms with Gasteiger partial charge in [-0.05, 0) is 12.8 Å². The van der Waals surface area contributed by atoms with Crippen LogP contribution >= 0.6 is 0 Å². The smallest absolute Gasteiger partial charge is 0.239 e. The molecular formula is C13H23N7O. The molecule has 0 unspecified atom stereocenters. The molecule has 0 aromatic carbocycles. The second-order valence-electron chi connectivity index (χ2n) is 5.21. The molecule has 1 amide bonds. The van der Waals surface area contributed by atoms with Crippen molar-refractivity contribution in [2.45, 2.75) is 19.8 Å². The topological polar surface area (TPSA) is 86.3 Å². The minimum absolute atomic E-state index is 0.00221. The standard InChI is InChI=1S/C13H23N7O/c1-4-6-15-11-16-12(19(2)3)18-13(17-11)20-8-5-7-14-10(21)9-20/h4-9H2,1-3H3,(H,14,21)(H,15,16,17,18). The van der Waals surface area contributed by atoms with Crippen LogP contribution in [0.15, 0.2) is 0 Å². The Kier molecular flexibility index (Phi) is 5.13. The predicted molar refractivity (Wildman–Crippen MR) is 82.8 cm³/mol. The van der Waals surface area contributed by atoms with Crippen LogP contribution in [0.3, 0.4) is 0 Å². The first-order valence-electron chi connectivity index (χ1n) is 7.29. The highest BCUT2D eigenvalue weighted by Crippen LogP contribution is 2.16. The van der Waals surface area contributed by atoms with Crippen molar-refractivity contribution in [2.24, 2.45) is 0 Å². The highest BCUT2D eigenvalue weighted by molar-refractivity contribution is 5.81. The van der Waals surface area contributed by atoms with Gasteiger partial charge in [0.15, 0.2) is 0 Å². The molecule has 0 aliphatic carbocycles. The van der Waals surface area contributed by atoms with E-state index in [-0.39, 0.29) is 12.5 Å². The van der Waals surface area contributed by atoms with Gasteiger partial charge in [-0.15, -0.1) is 0 Å². The summed E-state index contributed by atoms with van der Waals surface area (Å²) in [6.07, 6.45) is 1.87. The lowest BCUT2D eigenvalue weighted by atomic mass is 10.4. The first kappa shape index (κ1) is 15.3. The van der Waals surface area contributed by atoms with Crippen molar-refractivity contribution in [2.75, 3.05) is 55.4 Å². The fourth-order valence-electron chi connectivity index (χ4n) is 1.99. The van der Waals surface area contributed by atoms with Gasteiger partial charge in [-0.1, -0.05) is 6.92 Å². The first-order valence-corrected chi connectivity index (χ1v) is 7.29. The summed E-state index contributed by atoms with van der Waals surface area (Å²) in [6.45, 7) is 4.62. The number of nitrogens with one attached hydrogen (secondary N) is 2. The lowest BCUT2D eigenvalue weighted by molar-refractivity contribution is -0.119. The number of rotatable bonds is 5. The van der Waals surface area contributed by atoms with Gasteiger partial charge in [0.05, 0.1) is 6.54 Å². The fourth-order valence-corrected chi connectivity index (χ4v) is 1.99. The van der Waals surface area contributed by atoms with Gasteiger partial charge in [0.25, 0.3) is 0 Å². The number of anilines is 3. The summed E-state index contributed by atoms with van der Waals surface area (Å²) in [5.41, 5.74) is 0. The van der Waals surface area contributed by atoms with E-state index in [4.69, 9.17) is 0 Å². The van der Waals surface area contributed by atoms with Crippen LogP contribution in [0, 0.1) is 0 Å². The largest absolute Gasteiger partial charge is 0.354 e. The molecule has 1 aliphatic rings. The van der Waals surface area contributed by atoms with Crippen molar-refractivity contribution in [1.29, 1.82) is 0 Å². The molecule has 1 saturated heterocycles. The van der Waals surface area contributed by atoms with E-state index in [0.29, 0.717) is 24.4 Å². The van der Waals surface area contributed by atoms with Crippen LogP contribution in [0.2, 0.25) is 0 Å². The van der Waals surface area contributed by atoms with Gasteiger partial charge in [0, 0.05) is 33.7 Å². The van der Waals surface area contributed by atoms with Gasteiger partial charge in [-0.25, -0.2) is 0 Å². The van der Waals surface area contributed by atoms with Crippen LogP contribution < -0.4 is 20.4 Å². The van der Waals surface area contributed by atoms with E-state index in [1.165, 1.54) is 0 Å². The minimum Gasteiger partial charge on any atom is -0.354 e. The van der Waals surface area contributed by atoms with Gasteiger partial charge < -0.3 is 20.4 Å². The Bertz CT molecular complexity index is 491. The van der Waals surface area contributed by atoms with Gasteiger partial charge in [0.1, 0.15) is 0 Å². The predicted octanol–water partition coefficient (Wildman–Crippen LogP) is 0.0858. The Labute approximate surface area is 125 Å². The van der Waals surface area contributed by atoms with Crippen LogP contribution in [-0.2, 0) is 4.79 Å². The molecule has 8 heteroatoms. The zero-order chi connectivity index (χ0) is 15.2. The Hall–Kier alpha value is -2.12. The summed E-state index contributed by atoms with van der Waals surface area (Å²) < 4.78 is 0. The molecule has 0 radical (unpaired) electrons. The van der Waals surface area contributed by atoms with Crippen LogP contribution in [0.5, 0.6) is 0 Å².